The number of ether oxygens (including phenoxy) is 2. The minimum atomic E-state index is -0.732. The van der Waals surface area contributed by atoms with Gasteiger partial charge in [0.1, 0.15) is 17.6 Å². The lowest BCUT2D eigenvalue weighted by atomic mass is 9.96. The van der Waals surface area contributed by atoms with Crippen LogP contribution < -0.4 is 9.47 Å². The number of methoxy groups -OCH3 is 1. The largest absolute Gasteiger partial charge is 0.505 e. The van der Waals surface area contributed by atoms with Crippen LogP contribution in [0.1, 0.15) is 28.4 Å². The zero-order chi connectivity index (χ0) is 15.0. The third-order valence-electron chi connectivity index (χ3n) is 3.47. The van der Waals surface area contributed by atoms with Crippen molar-refractivity contribution in [2.45, 2.75) is 12.5 Å². The smallest absolute Gasteiger partial charge is 0.170 e. The molecule has 0 aliphatic carbocycles. The Morgan fingerprint density at radius 3 is 2.81 bits per heavy atom. The highest BCUT2D eigenvalue weighted by Crippen LogP contribution is 2.37. The zero-order valence-electron chi connectivity index (χ0n) is 11.3. The molecule has 2 aromatic rings. The Labute approximate surface area is 120 Å². The summed E-state index contributed by atoms with van der Waals surface area (Å²) >= 11 is 0. The number of Topliss-reactive ketones (excluding diaryl/α,β-unsaturated/α-hetero) is 1. The summed E-state index contributed by atoms with van der Waals surface area (Å²) in [6, 6.07) is 8.97. The SMILES string of the molecule is COc1ccc2c(c1)C(=O)CC(c1ccc(O)c(F)c1)O2. The van der Waals surface area contributed by atoms with Crippen LogP contribution in [-0.2, 0) is 0 Å². The molecule has 0 radical (unpaired) electrons. The highest BCUT2D eigenvalue weighted by molar-refractivity contribution is 6.00. The molecule has 1 heterocycles. The molecule has 4 nitrogen and oxygen atoms in total. The molecule has 5 heteroatoms. The maximum atomic E-state index is 13.4. The van der Waals surface area contributed by atoms with E-state index in [1.807, 2.05) is 0 Å². The van der Waals surface area contributed by atoms with E-state index >= 15 is 0 Å². The van der Waals surface area contributed by atoms with Gasteiger partial charge in [0.05, 0.1) is 19.1 Å². The molecule has 2 aromatic carbocycles. The molecular formula is C16H13FO4. The van der Waals surface area contributed by atoms with Gasteiger partial charge in [-0.1, -0.05) is 6.07 Å². The van der Waals surface area contributed by atoms with Crippen molar-refractivity contribution in [3.63, 3.8) is 0 Å². The van der Waals surface area contributed by atoms with E-state index < -0.39 is 17.7 Å². The molecule has 1 atom stereocenters. The van der Waals surface area contributed by atoms with E-state index in [-0.39, 0.29) is 12.2 Å². The van der Waals surface area contributed by atoms with E-state index in [0.29, 0.717) is 22.6 Å². The van der Waals surface area contributed by atoms with E-state index in [1.165, 1.54) is 19.2 Å². The van der Waals surface area contributed by atoms with Gasteiger partial charge in [-0.25, -0.2) is 4.39 Å². The number of phenolic OH excluding ortho intramolecular Hbond substituents is 1. The van der Waals surface area contributed by atoms with E-state index in [9.17, 15) is 14.3 Å². The van der Waals surface area contributed by atoms with Gasteiger partial charge in [-0.15, -0.1) is 0 Å². The Morgan fingerprint density at radius 1 is 1.29 bits per heavy atom. The van der Waals surface area contributed by atoms with Crippen molar-refractivity contribution in [3.8, 4) is 17.2 Å². The summed E-state index contributed by atoms with van der Waals surface area (Å²) in [6.45, 7) is 0. The molecule has 0 saturated carbocycles. The van der Waals surface area contributed by atoms with Crippen molar-refractivity contribution >= 4 is 5.78 Å². The van der Waals surface area contributed by atoms with Gasteiger partial charge in [0, 0.05) is 0 Å². The standard InChI is InChI=1S/C16H13FO4/c1-20-10-3-5-15-11(7-10)14(19)8-16(21-15)9-2-4-13(18)12(17)6-9/h2-7,16,18H,8H2,1H3. The Kier molecular flexibility index (Phi) is 3.25. The highest BCUT2D eigenvalue weighted by Gasteiger charge is 2.28. The van der Waals surface area contributed by atoms with Gasteiger partial charge < -0.3 is 14.6 Å². The number of ketones is 1. The summed E-state index contributed by atoms with van der Waals surface area (Å²) < 4.78 is 24.3. The van der Waals surface area contributed by atoms with E-state index in [2.05, 4.69) is 0 Å². The van der Waals surface area contributed by atoms with Crippen LogP contribution in [0.4, 0.5) is 4.39 Å². The summed E-state index contributed by atoms with van der Waals surface area (Å²) in [5.41, 5.74) is 0.977. The highest BCUT2D eigenvalue weighted by atomic mass is 19.1. The molecule has 0 bridgehead atoms. The number of hydrogen-bond donors (Lipinski definition) is 1. The number of phenols is 1. The topological polar surface area (TPSA) is 55.8 Å². The number of carbonyl (C=O) groups is 1. The van der Waals surface area contributed by atoms with Gasteiger partial charge in [0.25, 0.3) is 0 Å². The second-order valence-electron chi connectivity index (χ2n) is 4.81. The summed E-state index contributed by atoms with van der Waals surface area (Å²) in [4.78, 5) is 12.2. The molecule has 3 rings (SSSR count). The average Bonchev–Trinajstić information content (AvgIpc) is 2.49. The van der Waals surface area contributed by atoms with Gasteiger partial charge in [0.15, 0.2) is 17.3 Å². The lowest BCUT2D eigenvalue weighted by molar-refractivity contribution is 0.0849. The molecule has 0 spiro atoms. The molecule has 1 unspecified atom stereocenters. The van der Waals surface area contributed by atoms with Crippen LogP contribution in [0.5, 0.6) is 17.2 Å². The monoisotopic (exact) mass is 288 g/mol. The van der Waals surface area contributed by atoms with E-state index in [0.717, 1.165) is 0 Å². The quantitative estimate of drug-likeness (QED) is 0.921. The normalized spacial score (nSPS) is 17.0. The Morgan fingerprint density at radius 2 is 2.10 bits per heavy atom. The average molecular weight is 288 g/mol. The molecule has 0 amide bonds. The third-order valence-corrected chi connectivity index (χ3v) is 3.47. The van der Waals surface area contributed by atoms with Crippen molar-refractivity contribution in [3.05, 3.63) is 53.3 Å². The number of rotatable bonds is 2. The number of halogens is 1. The fraction of sp³-hybridized carbons (Fsp3) is 0.188. The van der Waals surface area contributed by atoms with Crippen molar-refractivity contribution in [2.75, 3.05) is 7.11 Å². The van der Waals surface area contributed by atoms with Crippen LogP contribution in [0.15, 0.2) is 36.4 Å². The Hall–Kier alpha value is -2.56. The minimum absolute atomic E-state index is 0.0892. The van der Waals surface area contributed by atoms with Crippen molar-refractivity contribution in [2.24, 2.45) is 0 Å². The van der Waals surface area contributed by atoms with Gasteiger partial charge in [-0.2, -0.15) is 0 Å². The van der Waals surface area contributed by atoms with Crippen molar-refractivity contribution in [1.29, 1.82) is 0 Å². The number of hydrogen-bond acceptors (Lipinski definition) is 4. The molecule has 0 saturated heterocycles. The first-order valence-corrected chi connectivity index (χ1v) is 6.45. The van der Waals surface area contributed by atoms with Crippen LogP contribution >= 0.6 is 0 Å². The van der Waals surface area contributed by atoms with Gasteiger partial charge in [-0.3, -0.25) is 4.79 Å². The van der Waals surface area contributed by atoms with Crippen molar-refractivity contribution in [1.82, 2.24) is 0 Å². The Balaban J connectivity index is 1.94. The number of carbonyl (C=O) groups excluding carboxylic acids is 1. The molecule has 108 valence electrons. The second kappa shape index (κ2) is 5.09. The summed E-state index contributed by atoms with van der Waals surface area (Å²) in [5.74, 6) is -0.214. The third kappa shape index (κ3) is 2.42. The molecule has 21 heavy (non-hydrogen) atoms. The predicted octanol–water partition coefficient (Wildman–Crippen LogP) is 3.25. The van der Waals surface area contributed by atoms with Crippen LogP contribution in [0, 0.1) is 5.82 Å². The number of benzene rings is 2. The minimum Gasteiger partial charge on any atom is -0.505 e. The molecule has 1 aliphatic rings. The maximum Gasteiger partial charge on any atom is 0.170 e. The molecule has 1 aliphatic heterocycles. The lowest BCUT2D eigenvalue weighted by Crippen LogP contribution is -2.20. The van der Waals surface area contributed by atoms with Crippen molar-refractivity contribution < 1.29 is 23.8 Å². The first-order valence-electron chi connectivity index (χ1n) is 6.45. The number of aromatic hydroxyl groups is 1. The van der Waals surface area contributed by atoms with Crippen LogP contribution in [0.3, 0.4) is 0 Å². The summed E-state index contributed by atoms with van der Waals surface area (Å²) in [7, 11) is 1.53. The molecule has 0 fully saturated rings. The summed E-state index contributed by atoms with van der Waals surface area (Å²) in [6.07, 6.45) is -0.446. The van der Waals surface area contributed by atoms with Gasteiger partial charge in [-0.05, 0) is 35.9 Å². The number of fused-ring (bicyclic) bond motifs is 1. The lowest BCUT2D eigenvalue weighted by Gasteiger charge is -2.25. The molecule has 1 N–H and O–H groups in total. The maximum absolute atomic E-state index is 13.4. The van der Waals surface area contributed by atoms with Gasteiger partial charge in [0.2, 0.25) is 0 Å². The van der Waals surface area contributed by atoms with Crippen LogP contribution in [-0.4, -0.2) is 18.0 Å². The molecular weight excluding hydrogens is 275 g/mol. The predicted molar refractivity (Wildman–Crippen MR) is 73.4 cm³/mol. The van der Waals surface area contributed by atoms with Crippen LogP contribution in [0.2, 0.25) is 0 Å². The van der Waals surface area contributed by atoms with E-state index in [4.69, 9.17) is 9.47 Å². The first kappa shape index (κ1) is 13.4. The fourth-order valence-corrected chi connectivity index (χ4v) is 2.34. The van der Waals surface area contributed by atoms with Gasteiger partial charge >= 0.3 is 0 Å². The van der Waals surface area contributed by atoms with E-state index in [1.54, 1.807) is 24.3 Å². The Bertz CT molecular complexity index is 711. The van der Waals surface area contributed by atoms with Crippen LogP contribution in [0.25, 0.3) is 0 Å². The summed E-state index contributed by atoms with van der Waals surface area (Å²) in [5, 5.41) is 9.21. The molecule has 0 aromatic heterocycles. The first-order chi connectivity index (χ1) is 10.1. The second-order valence-corrected chi connectivity index (χ2v) is 4.81. The fourth-order valence-electron chi connectivity index (χ4n) is 2.34. The zero-order valence-corrected chi connectivity index (χ0v) is 11.3.